The molecular weight excluding hydrogens is 344 g/mol. The Hall–Kier alpha value is -1.06. The number of fused-ring (bicyclic) bond motifs is 1. The molecule has 1 nitrogen and oxygen atoms in total. The van der Waals surface area contributed by atoms with E-state index in [4.69, 9.17) is 4.42 Å². The third-order valence-corrected chi connectivity index (χ3v) is 3.86. The molecule has 0 aliphatic carbocycles. The Morgan fingerprint density at radius 3 is 2.41 bits per heavy atom. The van der Waals surface area contributed by atoms with Gasteiger partial charge in [0, 0.05) is 15.4 Å². The van der Waals surface area contributed by atoms with Crippen molar-refractivity contribution in [1.29, 1.82) is 0 Å². The number of rotatable bonds is 1. The van der Waals surface area contributed by atoms with Crippen molar-refractivity contribution in [3.63, 3.8) is 0 Å². The van der Waals surface area contributed by atoms with Gasteiger partial charge in [0.25, 0.3) is 0 Å². The Morgan fingerprint density at radius 1 is 0.882 bits per heavy atom. The van der Waals surface area contributed by atoms with Crippen LogP contribution in [-0.4, -0.2) is 0 Å². The SMILES string of the molecule is Brc1ccc(-c2coc3c(Br)cccc23)cc1. The van der Waals surface area contributed by atoms with Crippen LogP contribution in [0.1, 0.15) is 0 Å². The summed E-state index contributed by atoms with van der Waals surface area (Å²) in [7, 11) is 0. The second kappa shape index (κ2) is 4.31. The predicted molar refractivity (Wildman–Crippen MR) is 77.1 cm³/mol. The average Bonchev–Trinajstić information content (AvgIpc) is 2.75. The largest absolute Gasteiger partial charge is 0.462 e. The molecule has 0 amide bonds. The molecule has 0 unspecified atom stereocenters. The molecule has 0 bridgehead atoms. The molecule has 84 valence electrons. The molecule has 0 atom stereocenters. The molecule has 3 rings (SSSR count). The van der Waals surface area contributed by atoms with Crippen molar-refractivity contribution >= 4 is 42.8 Å². The molecule has 0 radical (unpaired) electrons. The Balaban J connectivity index is 2.24. The fourth-order valence-corrected chi connectivity index (χ4v) is 2.60. The minimum Gasteiger partial charge on any atom is -0.462 e. The van der Waals surface area contributed by atoms with Gasteiger partial charge in [0.2, 0.25) is 0 Å². The van der Waals surface area contributed by atoms with Crippen molar-refractivity contribution in [3.05, 3.63) is 57.7 Å². The topological polar surface area (TPSA) is 13.1 Å². The zero-order chi connectivity index (χ0) is 11.8. The standard InChI is InChI=1S/C14H8Br2O/c15-10-6-4-9(5-7-10)12-8-17-14-11(12)2-1-3-13(14)16/h1-8H. The van der Waals surface area contributed by atoms with Gasteiger partial charge in [0.15, 0.2) is 0 Å². The van der Waals surface area contributed by atoms with Crippen molar-refractivity contribution in [2.45, 2.75) is 0 Å². The van der Waals surface area contributed by atoms with Crippen LogP contribution < -0.4 is 0 Å². The van der Waals surface area contributed by atoms with E-state index >= 15 is 0 Å². The van der Waals surface area contributed by atoms with Crippen LogP contribution in [0.15, 0.2) is 62.1 Å². The van der Waals surface area contributed by atoms with E-state index in [1.165, 1.54) is 0 Å². The van der Waals surface area contributed by atoms with Crippen LogP contribution in [-0.2, 0) is 0 Å². The van der Waals surface area contributed by atoms with Crippen LogP contribution in [0.3, 0.4) is 0 Å². The molecule has 3 heteroatoms. The minimum atomic E-state index is 0.894. The summed E-state index contributed by atoms with van der Waals surface area (Å²) in [5, 5.41) is 1.13. The molecule has 0 N–H and O–H groups in total. The van der Waals surface area contributed by atoms with Crippen molar-refractivity contribution in [3.8, 4) is 11.1 Å². The zero-order valence-electron chi connectivity index (χ0n) is 8.78. The van der Waals surface area contributed by atoms with Gasteiger partial charge in [-0.2, -0.15) is 0 Å². The maximum atomic E-state index is 5.61. The van der Waals surface area contributed by atoms with E-state index in [2.05, 4.69) is 50.1 Å². The van der Waals surface area contributed by atoms with Gasteiger partial charge in [-0.15, -0.1) is 0 Å². The second-order valence-corrected chi connectivity index (χ2v) is 5.54. The summed E-state index contributed by atoms with van der Waals surface area (Å²) in [6.07, 6.45) is 1.80. The van der Waals surface area contributed by atoms with E-state index in [-0.39, 0.29) is 0 Å². The van der Waals surface area contributed by atoms with Crippen molar-refractivity contribution in [2.24, 2.45) is 0 Å². The highest BCUT2D eigenvalue weighted by atomic mass is 79.9. The van der Waals surface area contributed by atoms with Gasteiger partial charge < -0.3 is 4.42 Å². The van der Waals surface area contributed by atoms with Gasteiger partial charge in [-0.3, -0.25) is 0 Å². The highest BCUT2D eigenvalue weighted by Gasteiger charge is 2.09. The molecule has 0 aliphatic heterocycles. The first kappa shape index (κ1) is 11.1. The first-order chi connectivity index (χ1) is 8.25. The van der Waals surface area contributed by atoms with Crippen LogP contribution in [0, 0.1) is 0 Å². The molecule has 2 aromatic carbocycles. The zero-order valence-corrected chi connectivity index (χ0v) is 12.0. The third-order valence-electron chi connectivity index (χ3n) is 2.71. The molecule has 1 heterocycles. The molecule has 1 aromatic heterocycles. The van der Waals surface area contributed by atoms with Gasteiger partial charge in [0.1, 0.15) is 5.58 Å². The summed E-state index contributed by atoms with van der Waals surface area (Å²) in [6, 6.07) is 14.3. The summed E-state index contributed by atoms with van der Waals surface area (Å²) in [6.45, 7) is 0. The lowest BCUT2D eigenvalue weighted by Crippen LogP contribution is -1.75. The maximum absolute atomic E-state index is 5.61. The van der Waals surface area contributed by atoms with Crippen LogP contribution in [0.4, 0.5) is 0 Å². The highest BCUT2D eigenvalue weighted by Crippen LogP contribution is 2.34. The van der Waals surface area contributed by atoms with E-state index in [9.17, 15) is 0 Å². The van der Waals surface area contributed by atoms with E-state index in [1.807, 2.05) is 24.3 Å². The Bertz CT molecular complexity index is 668. The van der Waals surface area contributed by atoms with E-state index in [0.717, 1.165) is 31.0 Å². The Kier molecular flexibility index (Phi) is 2.81. The molecule has 0 saturated heterocycles. The monoisotopic (exact) mass is 350 g/mol. The first-order valence-electron chi connectivity index (χ1n) is 5.17. The molecule has 0 saturated carbocycles. The summed E-state index contributed by atoms with van der Waals surface area (Å²) in [5.41, 5.74) is 3.17. The lowest BCUT2D eigenvalue weighted by atomic mass is 10.1. The van der Waals surface area contributed by atoms with Gasteiger partial charge in [-0.25, -0.2) is 0 Å². The van der Waals surface area contributed by atoms with Crippen molar-refractivity contribution in [2.75, 3.05) is 0 Å². The number of para-hydroxylation sites is 1. The summed E-state index contributed by atoms with van der Waals surface area (Å²) in [4.78, 5) is 0. The lowest BCUT2D eigenvalue weighted by Gasteiger charge is -1.99. The van der Waals surface area contributed by atoms with E-state index in [1.54, 1.807) is 6.26 Å². The fourth-order valence-electron chi connectivity index (χ4n) is 1.88. The number of hydrogen-bond acceptors (Lipinski definition) is 1. The quantitative estimate of drug-likeness (QED) is 0.554. The molecular formula is C14H8Br2O. The first-order valence-corrected chi connectivity index (χ1v) is 6.76. The minimum absolute atomic E-state index is 0.894. The van der Waals surface area contributed by atoms with Crippen LogP contribution >= 0.6 is 31.9 Å². The van der Waals surface area contributed by atoms with Crippen molar-refractivity contribution < 1.29 is 4.42 Å². The number of furan rings is 1. The van der Waals surface area contributed by atoms with E-state index in [0.29, 0.717) is 0 Å². The van der Waals surface area contributed by atoms with Crippen molar-refractivity contribution in [1.82, 2.24) is 0 Å². The Morgan fingerprint density at radius 2 is 1.65 bits per heavy atom. The van der Waals surface area contributed by atoms with Crippen LogP contribution in [0.25, 0.3) is 22.1 Å². The van der Waals surface area contributed by atoms with Crippen LogP contribution in [0.2, 0.25) is 0 Å². The van der Waals surface area contributed by atoms with Gasteiger partial charge in [0.05, 0.1) is 10.7 Å². The molecule has 3 aromatic rings. The summed E-state index contributed by atoms with van der Waals surface area (Å²) >= 11 is 6.93. The maximum Gasteiger partial charge on any atom is 0.148 e. The molecule has 17 heavy (non-hydrogen) atoms. The molecule has 0 fully saturated rings. The molecule has 0 aliphatic rings. The average molecular weight is 352 g/mol. The van der Waals surface area contributed by atoms with Gasteiger partial charge in [-0.1, -0.05) is 40.2 Å². The van der Waals surface area contributed by atoms with E-state index < -0.39 is 0 Å². The summed E-state index contributed by atoms with van der Waals surface area (Å²) in [5.74, 6) is 0. The second-order valence-electron chi connectivity index (χ2n) is 3.77. The van der Waals surface area contributed by atoms with Gasteiger partial charge in [-0.05, 0) is 39.7 Å². The third kappa shape index (κ3) is 1.94. The lowest BCUT2D eigenvalue weighted by molar-refractivity contribution is 0.615. The Labute approximate surface area is 116 Å². The number of benzene rings is 2. The fraction of sp³-hybridized carbons (Fsp3) is 0. The van der Waals surface area contributed by atoms with Gasteiger partial charge >= 0.3 is 0 Å². The smallest absolute Gasteiger partial charge is 0.148 e. The molecule has 0 spiro atoms. The number of halogens is 2. The highest BCUT2D eigenvalue weighted by molar-refractivity contribution is 9.11. The summed E-state index contributed by atoms with van der Waals surface area (Å²) < 4.78 is 7.67. The normalized spacial score (nSPS) is 10.9. The number of hydrogen-bond donors (Lipinski definition) is 0. The van der Waals surface area contributed by atoms with Crippen LogP contribution in [0.5, 0.6) is 0 Å². The predicted octanol–water partition coefficient (Wildman–Crippen LogP) is 5.62.